The summed E-state index contributed by atoms with van der Waals surface area (Å²) in [6.45, 7) is 1.10. The molecule has 0 unspecified atom stereocenters. The number of nitrogens with zero attached hydrogens (tertiary/aromatic N) is 4. The van der Waals surface area contributed by atoms with Crippen LogP contribution in [0.15, 0.2) is 60.8 Å². The van der Waals surface area contributed by atoms with Crippen molar-refractivity contribution in [2.75, 3.05) is 35.2 Å². The molecule has 0 radical (unpaired) electrons. The van der Waals surface area contributed by atoms with Gasteiger partial charge < -0.3 is 20.9 Å². The highest BCUT2D eigenvalue weighted by atomic mass is 19.1. The zero-order valence-electron chi connectivity index (χ0n) is 17.2. The van der Waals surface area contributed by atoms with Crippen molar-refractivity contribution in [3.63, 3.8) is 0 Å². The Morgan fingerprint density at radius 3 is 2.50 bits per heavy atom. The third-order valence-electron chi connectivity index (χ3n) is 4.95. The van der Waals surface area contributed by atoms with Gasteiger partial charge in [-0.15, -0.1) is 10.2 Å². The average molecular weight is 435 g/mol. The van der Waals surface area contributed by atoms with Crippen LogP contribution in [0.25, 0.3) is 0 Å². The van der Waals surface area contributed by atoms with E-state index in [2.05, 4.69) is 31.1 Å². The molecule has 10 heteroatoms. The summed E-state index contributed by atoms with van der Waals surface area (Å²) in [5.74, 6) is 0.669. The van der Waals surface area contributed by atoms with Crippen LogP contribution < -0.4 is 20.9 Å². The summed E-state index contributed by atoms with van der Waals surface area (Å²) in [6.07, 6.45) is 1.81. The van der Waals surface area contributed by atoms with E-state index < -0.39 is 5.92 Å². The number of carbonyl (C=O) groups is 2. The predicted molar refractivity (Wildman–Crippen MR) is 118 cm³/mol. The molecule has 2 aromatic heterocycles. The highest BCUT2D eigenvalue weighted by Gasteiger charge is 2.34. The van der Waals surface area contributed by atoms with E-state index in [1.807, 2.05) is 18.2 Å². The average Bonchev–Trinajstić information content (AvgIpc) is 3.20. The Morgan fingerprint density at radius 1 is 1.00 bits per heavy atom. The normalized spacial score (nSPS) is 15.5. The number of hydrogen-bond donors (Lipinski definition) is 3. The minimum Gasteiger partial charge on any atom is -0.367 e. The van der Waals surface area contributed by atoms with E-state index in [0.717, 1.165) is 0 Å². The first-order valence-electron chi connectivity index (χ1n) is 10.2. The van der Waals surface area contributed by atoms with Crippen molar-refractivity contribution in [2.24, 2.45) is 5.92 Å². The highest BCUT2D eigenvalue weighted by Crippen LogP contribution is 2.25. The molecule has 4 rings (SSSR count). The van der Waals surface area contributed by atoms with Crippen molar-refractivity contribution in [3.8, 4) is 0 Å². The Hall–Kier alpha value is -4.08. The lowest BCUT2D eigenvalue weighted by Gasteiger charge is -2.16. The van der Waals surface area contributed by atoms with Crippen LogP contribution in [-0.4, -0.2) is 46.6 Å². The van der Waals surface area contributed by atoms with E-state index in [0.29, 0.717) is 36.2 Å². The number of nitrogens with one attached hydrogen (secondary N) is 3. The van der Waals surface area contributed by atoms with Gasteiger partial charge in [-0.05, 0) is 48.5 Å². The van der Waals surface area contributed by atoms with Gasteiger partial charge in [0.25, 0.3) is 0 Å². The van der Waals surface area contributed by atoms with Gasteiger partial charge in [0.05, 0.1) is 5.92 Å². The van der Waals surface area contributed by atoms with Crippen LogP contribution in [-0.2, 0) is 9.59 Å². The number of benzene rings is 1. The Kier molecular flexibility index (Phi) is 6.49. The number of halogens is 1. The Morgan fingerprint density at radius 2 is 1.78 bits per heavy atom. The zero-order chi connectivity index (χ0) is 22.3. The molecule has 1 aliphatic heterocycles. The number of amides is 2. The van der Waals surface area contributed by atoms with Crippen LogP contribution in [0, 0.1) is 11.7 Å². The van der Waals surface area contributed by atoms with Gasteiger partial charge in [0.1, 0.15) is 17.5 Å². The fraction of sp³-hybridized carbons (Fsp3) is 0.227. The van der Waals surface area contributed by atoms with E-state index in [9.17, 15) is 14.0 Å². The number of pyridine rings is 1. The third-order valence-corrected chi connectivity index (χ3v) is 4.95. The maximum Gasteiger partial charge on any atom is 0.227 e. The first-order valence-corrected chi connectivity index (χ1v) is 10.2. The SMILES string of the molecule is O=C(NCCNc1ccc(Nc2ccccn2)nn1)[C@H]1CC(=O)N(c2ccc(F)cc2)C1. The molecule has 32 heavy (non-hydrogen) atoms. The monoisotopic (exact) mass is 435 g/mol. The van der Waals surface area contributed by atoms with Crippen molar-refractivity contribution in [1.29, 1.82) is 0 Å². The molecule has 1 saturated heterocycles. The molecule has 9 nitrogen and oxygen atoms in total. The van der Waals surface area contributed by atoms with E-state index in [-0.39, 0.29) is 30.6 Å². The minimum absolute atomic E-state index is 0.132. The number of carbonyl (C=O) groups excluding carboxylic acids is 2. The maximum absolute atomic E-state index is 13.1. The van der Waals surface area contributed by atoms with Crippen LogP contribution in [0.4, 0.5) is 27.5 Å². The molecule has 164 valence electrons. The second-order valence-corrected chi connectivity index (χ2v) is 7.24. The van der Waals surface area contributed by atoms with E-state index in [1.165, 1.54) is 29.2 Å². The zero-order valence-corrected chi connectivity index (χ0v) is 17.2. The number of aromatic nitrogens is 3. The first kappa shape index (κ1) is 21.2. The van der Waals surface area contributed by atoms with Gasteiger partial charge in [-0.3, -0.25) is 9.59 Å². The first-order chi connectivity index (χ1) is 15.6. The van der Waals surface area contributed by atoms with Crippen molar-refractivity contribution < 1.29 is 14.0 Å². The minimum atomic E-state index is -0.440. The molecule has 0 spiro atoms. The molecule has 1 aliphatic rings. The Bertz CT molecular complexity index is 1060. The van der Waals surface area contributed by atoms with Crippen LogP contribution in [0.3, 0.4) is 0 Å². The lowest BCUT2D eigenvalue weighted by molar-refractivity contribution is -0.126. The van der Waals surface area contributed by atoms with Crippen LogP contribution >= 0.6 is 0 Å². The molecular weight excluding hydrogens is 413 g/mol. The lowest BCUT2D eigenvalue weighted by Crippen LogP contribution is -2.35. The van der Waals surface area contributed by atoms with Gasteiger partial charge in [-0.25, -0.2) is 9.37 Å². The molecule has 0 aliphatic carbocycles. The summed E-state index contributed by atoms with van der Waals surface area (Å²) >= 11 is 0. The second-order valence-electron chi connectivity index (χ2n) is 7.24. The fourth-order valence-corrected chi connectivity index (χ4v) is 3.34. The van der Waals surface area contributed by atoms with E-state index >= 15 is 0 Å². The predicted octanol–water partition coefficient (Wildman–Crippen LogP) is 2.34. The Labute approximate surface area is 184 Å². The van der Waals surface area contributed by atoms with Gasteiger partial charge in [0.15, 0.2) is 5.82 Å². The van der Waals surface area contributed by atoms with Crippen LogP contribution in [0.1, 0.15) is 6.42 Å². The number of hydrogen-bond acceptors (Lipinski definition) is 7. The molecule has 3 N–H and O–H groups in total. The van der Waals surface area contributed by atoms with Crippen molar-refractivity contribution in [1.82, 2.24) is 20.5 Å². The summed E-state index contributed by atoms with van der Waals surface area (Å²) in [7, 11) is 0. The smallest absolute Gasteiger partial charge is 0.227 e. The second kappa shape index (κ2) is 9.82. The summed E-state index contributed by atoms with van der Waals surface area (Å²) in [5, 5.41) is 17.1. The van der Waals surface area contributed by atoms with Crippen LogP contribution in [0.5, 0.6) is 0 Å². The molecule has 1 aromatic carbocycles. The fourth-order valence-electron chi connectivity index (χ4n) is 3.34. The highest BCUT2D eigenvalue weighted by molar-refractivity contribution is 6.00. The van der Waals surface area contributed by atoms with Gasteiger partial charge in [-0.1, -0.05) is 6.07 Å². The molecule has 1 fully saturated rings. The summed E-state index contributed by atoms with van der Waals surface area (Å²) in [5.41, 5.74) is 0.591. The molecule has 3 heterocycles. The molecule has 0 saturated carbocycles. The molecule has 0 bridgehead atoms. The van der Waals surface area contributed by atoms with Gasteiger partial charge in [-0.2, -0.15) is 0 Å². The largest absolute Gasteiger partial charge is 0.367 e. The molecule has 1 atom stereocenters. The van der Waals surface area contributed by atoms with Crippen molar-refractivity contribution in [2.45, 2.75) is 6.42 Å². The molecular formula is C22H22FN7O2. The number of anilines is 4. The summed E-state index contributed by atoms with van der Waals surface area (Å²) < 4.78 is 13.1. The van der Waals surface area contributed by atoms with Crippen LogP contribution in [0.2, 0.25) is 0 Å². The third kappa shape index (κ3) is 5.34. The van der Waals surface area contributed by atoms with Crippen molar-refractivity contribution >= 4 is 35.0 Å². The molecule has 3 aromatic rings. The lowest BCUT2D eigenvalue weighted by atomic mass is 10.1. The van der Waals surface area contributed by atoms with Gasteiger partial charge in [0.2, 0.25) is 11.8 Å². The maximum atomic E-state index is 13.1. The standard InChI is InChI=1S/C22H22FN7O2/c23-16-4-6-17(7-5-16)30-14-15(13-21(30)31)22(32)26-12-11-25-19-8-9-20(29-28-19)27-18-3-1-2-10-24-18/h1-10,15H,11-14H2,(H,25,28)(H,26,32)(H,24,27,29)/t15-/m0/s1. The topological polar surface area (TPSA) is 112 Å². The summed E-state index contributed by atoms with van der Waals surface area (Å²) in [4.78, 5) is 30.4. The van der Waals surface area contributed by atoms with Crippen molar-refractivity contribution in [3.05, 3.63) is 66.6 Å². The summed E-state index contributed by atoms with van der Waals surface area (Å²) in [6, 6.07) is 14.7. The van der Waals surface area contributed by atoms with E-state index in [4.69, 9.17) is 0 Å². The van der Waals surface area contributed by atoms with Gasteiger partial charge in [0, 0.05) is 37.9 Å². The Balaban J connectivity index is 1.20. The number of rotatable bonds is 8. The van der Waals surface area contributed by atoms with Gasteiger partial charge >= 0.3 is 0 Å². The van der Waals surface area contributed by atoms with E-state index in [1.54, 1.807) is 18.3 Å². The quantitative estimate of drug-likeness (QED) is 0.466. The molecule has 2 amide bonds.